The molecule has 1 aromatic heterocycles. The van der Waals surface area contributed by atoms with Crippen LogP contribution < -0.4 is 5.32 Å². The molecule has 1 atom stereocenters. The van der Waals surface area contributed by atoms with E-state index in [1.165, 1.54) is 57.8 Å². The highest BCUT2D eigenvalue weighted by atomic mass is 16.3. The molecule has 0 saturated heterocycles. The maximum Gasteiger partial charge on any atom is 0.151 e. The summed E-state index contributed by atoms with van der Waals surface area (Å²) in [6.45, 7) is 9.99. The lowest BCUT2D eigenvalue weighted by molar-refractivity contribution is 0.112. The molecule has 1 saturated carbocycles. The molecule has 3 aromatic carbocycles. The molecule has 0 bridgehead atoms. The molecular weight excluding hydrogens is 456 g/mol. The van der Waals surface area contributed by atoms with E-state index in [4.69, 9.17) is 5.11 Å². The fraction of sp³-hybridized carbons (Fsp3) is 0.424. The van der Waals surface area contributed by atoms with Crippen molar-refractivity contribution in [3.8, 4) is 11.1 Å². The normalized spacial score (nSPS) is 14.3. The molecule has 196 valence electrons. The Bertz CT molecular complexity index is 1380. The summed E-state index contributed by atoms with van der Waals surface area (Å²) in [6, 6.07) is 17.2. The van der Waals surface area contributed by atoms with Crippen LogP contribution in [0.4, 0.5) is 0 Å². The summed E-state index contributed by atoms with van der Waals surface area (Å²) in [7, 11) is 1.95. The lowest BCUT2D eigenvalue weighted by Crippen LogP contribution is -2.10. The minimum Gasteiger partial charge on any atom is -0.393 e. The summed E-state index contributed by atoms with van der Waals surface area (Å²) in [5.74, 6) is 0.657. The zero-order chi connectivity index (χ0) is 26.5. The smallest absolute Gasteiger partial charge is 0.151 e. The molecule has 37 heavy (non-hydrogen) atoms. The number of benzene rings is 3. The van der Waals surface area contributed by atoms with Gasteiger partial charge in [0.05, 0.1) is 11.6 Å². The summed E-state index contributed by atoms with van der Waals surface area (Å²) < 4.78 is 2.48. The lowest BCUT2D eigenvalue weighted by atomic mass is 9.91. The van der Waals surface area contributed by atoms with Gasteiger partial charge in [0, 0.05) is 41.4 Å². The molecule has 1 unspecified atom stereocenters. The third-order valence-corrected chi connectivity index (χ3v) is 7.33. The number of carbonyl (C=O) groups is 1. The van der Waals surface area contributed by atoms with Gasteiger partial charge in [-0.15, -0.1) is 0 Å². The van der Waals surface area contributed by atoms with Gasteiger partial charge in [-0.2, -0.15) is 0 Å². The first-order valence-electron chi connectivity index (χ1n) is 14.0. The molecule has 1 heterocycles. The molecule has 0 radical (unpaired) electrons. The Kier molecular flexibility index (Phi) is 8.83. The molecule has 0 spiro atoms. The second kappa shape index (κ2) is 12.1. The molecule has 4 aromatic rings. The van der Waals surface area contributed by atoms with Crippen molar-refractivity contribution in [2.24, 2.45) is 5.92 Å². The fourth-order valence-electron chi connectivity index (χ4n) is 5.60. The average molecular weight is 499 g/mol. The zero-order valence-corrected chi connectivity index (χ0v) is 23.1. The number of aldehydes is 1. The molecule has 1 fully saturated rings. The Labute approximate surface area is 221 Å². The largest absolute Gasteiger partial charge is 0.393 e. The third kappa shape index (κ3) is 5.23. The third-order valence-electron chi connectivity index (χ3n) is 7.33. The number of fused-ring (bicyclic) bond motifs is 7. The van der Waals surface area contributed by atoms with Crippen molar-refractivity contribution < 1.29 is 9.90 Å². The number of aliphatic hydroxyl groups is 1. The number of hydrogen-bond donors (Lipinski definition) is 2. The Hall–Kier alpha value is -2.95. The van der Waals surface area contributed by atoms with Crippen molar-refractivity contribution in [2.45, 2.75) is 79.0 Å². The first-order valence-corrected chi connectivity index (χ1v) is 14.0. The Morgan fingerprint density at radius 3 is 2.35 bits per heavy atom. The Morgan fingerprint density at radius 1 is 1.08 bits per heavy atom. The van der Waals surface area contributed by atoms with Crippen LogP contribution in [0, 0.1) is 5.92 Å². The van der Waals surface area contributed by atoms with Crippen molar-refractivity contribution in [3.05, 3.63) is 70.8 Å². The lowest BCUT2D eigenvalue weighted by Gasteiger charge is -2.16. The van der Waals surface area contributed by atoms with Crippen LogP contribution in [-0.4, -0.2) is 29.1 Å². The standard InChI is InChI=1S/C25H24N2O.C5H10O.C3H8/c1-3-12-27-22-11-7-6-10-18(22)24-20(14-26-2)21(15-28)23-17-9-5-4-8-16(17)13-19(23)25(24)27;1-4(6)5-2-3-5;1-3-2/h4-11,15,26H,3,12-14H2,1-2H3;4-6H,2-3H2,1H3;3H2,1-2H3. The van der Waals surface area contributed by atoms with E-state index >= 15 is 0 Å². The van der Waals surface area contributed by atoms with Crippen molar-refractivity contribution in [3.63, 3.8) is 0 Å². The highest BCUT2D eigenvalue weighted by Crippen LogP contribution is 2.47. The maximum atomic E-state index is 12.3. The van der Waals surface area contributed by atoms with Gasteiger partial charge in [0.25, 0.3) is 0 Å². The molecule has 4 nitrogen and oxygen atoms in total. The Morgan fingerprint density at radius 2 is 1.76 bits per heavy atom. The summed E-state index contributed by atoms with van der Waals surface area (Å²) >= 11 is 0. The average Bonchev–Trinajstić information content (AvgIpc) is 3.62. The molecule has 2 aliphatic rings. The van der Waals surface area contributed by atoms with Gasteiger partial charge in [-0.3, -0.25) is 4.79 Å². The van der Waals surface area contributed by atoms with Gasteiger partial charge < -0.3 is 15.0 Å². The SMILES string of the molecule is CC(O)C1CC1.CCC.CCCn1c2ccccc2c2c(CNC)c(C=O)c3c(c21)Cc1ccccc1-3. The number of nitrogens with zero attached hydrogens (tertiary/aromatic N) is 1. The van der Waals surface area contributed by atoms with Crippen molar-refractivity contribution in [1.82, 2.24) is 9.88 Å². The molecule has 2 aliphatic carbocycles. The summed E-state index contributed by atoms with van der Waals surface area (Å²) in [5, 5.41) is 14.5. The van der Waals surface area contributed by atoms with Gasteiger partial charge >= 0.3 is 0 Å². The van der Waals surface area contributed by atoms with E-state index in [9.17, 15) is 4.79 Å². The van der Waals surface area contributed by atoms with Gasteiger partial charge in [0.2, 0.25) is 0 Å². The monoisotopic (exact) mass is 498 g/mol. The van der Waals surface area contributed by atoms with Crippen LogP contribution in [0.1, 0.15) is 80.4 Å². The van der Waals surface area contributed by atoms with Gasteiger partial charge in [-0.05, 0) is 73.0 Å². The number of para-hydroxylation sites is 1. The van der Waals surface area contributed by atoms with E-state index in [2.05, 4.69) is 79.2 Å². The predicted molar refractivity (Wildman–Crippen MR) is 156 cm³/mol. The first kappa shape index (κ1) is 27.1. The molecule has 0 amide bonds. The van der Waals surface area contributed by atoms with E-state index in [1.54, 1.807) is 0 Å². The quantitative estimate of drug-likeness (QED) is 0.238. The van der Waals surface area contributed by atoms with E-state index in [1.807, 2.05) is 14.0 Å². The van der Waals surface area contributed by atoms with Crippen molar-refractivity contribution in [2.75, 3.05) is 7.05 Å². The van der Waals surface area contributed by atoms with Gasteiger partial charge in [0.15, 0.2) is 6.29 Å². The molecular formula is C33H42N2O2. The number of aromatic nitrogens is 1. The number of nitrogens with one attached hydrogen (secondary N) is 1. The summed E-state index contributed by atoms with van der Waals surface area (Å²) in [4.78, 5) is 12.3. The van der Waals surface area contributed by atoms with Crippen LogP contribution in [0.15, 0.2) is 48.5 Å². The maximum absolute atomic E-state index is 12.3. The fourth-order valence-corrected chi connectivity index (χ4v) is 5.60. The van der Waals surface area contributed by atoms with Crippen LogP contribution in [0.2, 0.25) is 0 Å². The van der Waals surface area contributed by atoms with Crippen molar-refractivity contribution >= 4 is 28.1 Å². The molecule has 6 rings (SSSR count). The van der Waals surface area contributed by atoms with Gasteiger partial charge in [0.1, 0.15) is 0 Å². The van der Waals surface area contributed by atoms with E-state index in [0.29, 0.717) is 12.5 Å². The number of aliphatic hydroxyl groups excluding tert-OH is 1. The van der Waals surface area contributed by atoms with Crippen LogP contribution >= 0.6 is 0 Å². The number of hydrogen-bond acceptors (Lipinski definition) is 3. The molecule has 4 heteroatoms. The molecule has 0 aliphatic heterocycles. The Balaban J connectivity index is 0.000000305. The topological polar surface area (TPSA) is 54.3 Å². The second-order valence-corrected chi connectivity index (χ2v) is 10.4. The molecule has 2 N–H and O–H groups in total. The van der Waals surface area contributed by atoms with E-state index < -0.39 is 0 Å². The zero-order valence-electron chi connectivity index (χ0n) is 23.1. The predicted octanol–water partition coefficient (Wildman–Crippen LogP) is 7.50. The highest BCUT2D eigenvalue weighted by molar-refractivity contribution is 6.16. The van der Waals surface area contributed by atoms with Gasteiger partial charge in [-0.1, -0.05) is 69.7 Å². The van der Waals surface area contributed by atoms with Crippen LogP contribution in [0.25, 0.3) is 32.9 Å². The van der Waals surface area contributed by atoms with E-state index in [0.717, 1.165) is 42.4 Å². The van der Waals surface area contributed by atoms with Gasteiger partial charge in [-0.25, -0.2) is 0 Å². The minimum absolute atomic E-state index is 0.0370. The summed E-state index contributed by atoms with van der Waals surface area (Å²) in [5.41, 5.74) is 9.52. The highest BCUT2D eigenvalue weighted by Gasteiger charge is 2.30. The van der Waals surface area contributed by atoms with Crippen LogP contribution in [0.3, 0.4) is 0 Å². The minimum atomic E-state index is -0.0370. The second-order valence-electron chi connectivity index (χ2n) is 10.4. The summed E-state index contributed by atoms with van der Waals surface area (Å²) in [6.07, 6.45) is 6.74. The number of aryl methyl sites for hydroxylation is 1. The van der Waals surface area contributed by atoms with Crippen molar-refractivity contribution in [1.29, 1.82) is 0 Å². The number of rotatable bonds is 6. The van der Waals surface area contributed by atoms with Crippen LogP contribution in [0.5, 0.6) is 0 Å². The van der Waals surface area contributed by atoms with Crippen LogP contribution in [-0.2, 0) is 19.5 Å². The number of carbonyl (C=O) groups excluding carboxylic acids is 1. The van der Waals surface area contributed by atoms with E-state index in [-0.39, 0.29) is 6.10 Å². The first-order chi connectivity index (χ1) is 18.0.